The minimum absolute atomic E-state index is 0.747. The van der Waals surface area contributed by atoms with E-state index in [1.54, 1.807) is 0 Å². The first-order chi connectivity index (χ1) is 8.78. The highest BCUT2D eigenvalue weighted by molar-refractivity contribution is 5.89. The van der Waals surface area contributed by atoms with Gasteiger partial charge in [0.2, 0.25) is 0 Å². The predicted molar refractivity (Wildman–Crippen MR) is 72.8 cm³/mol. The summed E-state index contributed by atoms with van der Waals surface area (Å²) in [6.45, 7) is 3.45. The van der Waals surface area contributed by atoms with Crippen LogP contribution in [0.3, 0.4) is 0 Å². The third kappa shape index (κ3) is 1.95. The van der Waals surface area contributed by atoms with Gasteiger partial charge in [0, 0.05) is 36.3 Å². The molecule has 0 saturated carbocycles. The highest BCUT2D eigenvalue weighted by Gasteiger charge is 2.15. The molecule has 1 aromatic carbocycles. The van der Waals surface area contributed by atoms with Crippen molar-refractivity contribution in [2.75, 3.05) is 13.1 Å². The lowest BCUT2D eigenvalue weighted by molar-refractivity contribution is 0.112. The fourth-order valence-corrected chi connectivity index (χ4v) is 2.87. The summed E-state index contributed by atoms with van der Waals surface area (Å²) in [7, 11) is 2.05. The number of hydrogen-bond acceptors (Lipinski definition) is 2. The highest BCUT2D eigenvalue weighted by Crippen LogP contribution is 2.24. The quantitative estimate of drug-likeness (QED) is 0.773. The molecule has 94 valence electrons. The van der Waals surface area contributed by atoms with E-state index in [1.165, 1.54) is 36.9 Å². The van der Waals surface area contributed by atoms with Crippen molar-refractivity contribution in [3.63, 3.8) is 0 Å². The SMILES string of the molecule is Cn1cc(CN2CCCC2)c2ccc(C=O)cc21. The van der Waals surface area contributed by atoms with Crippen LogP contribution in [0.15, 0.2) is 24.4 Å². The van der Waals surface area contributed by atoms with Crippen molar-refractivity contribution >= 4 is 17.2 Å². The Morgan fingerprint density at radius 1 is 1.28 bits per heavy atom. The molecule has 1 fully saturated rings. The van der Waals surface area contributed by atoms with E-state index in [9.17, 15) is 4.79 Å². The largest absolute Gasteiger partial charge is 0.350 e. The molecule has 1 saturated heterocycles. The molecule has 1 aliphatic rings. The van der Waals surface area contributed by atoms with Gasteiger partial charge >= 0.3 is 0 Å². The standard InChI is InChI=1S/C15H18N2O/c1-16-9-13(10-17-6-2-3-7-17)14-5-4-12(11-18)8-15(14)16/h4-5,8-9,11H,2-3,6-7,10H2,1H3. The van der Waals surface area contributed by atoms with Crippen LogP contribution in [0.4, 0.5) is 0 Å². The molecular formula is C15H18N2O. The summed E-state index contributed by atoms with van der Waals surface area (Å²) in [4.78, 5) is 13.3. The van der Waals surface area contributed by atoms with Gasteiger partial charge in [0.15, 0.2) is 0 Å². The molecule has 0 aliphatic carbocycles. The lowest BCUT2D eigenvalue weighted by Crippen LogP contribution is -2.18. The van der Waals surface area contributed by atoms with Crippen LogP contribution >= 0.6 is 0 Å². The van der Waals surface area contributed by atoms with E-state index in [4.69, 9.17) is 0 Å². The third-order valence-corrected chi connectivity index (χ3v) is 3.83. The van der Waals surface area contributed by atoms with Crippen molar-refractivity contribution in [1.29, 1.82) is 0 Å². The van der Waals surface area contributed by atoms with Gasteiger partial charge in [0.05, 0.1) is 0 Å². The summed E-state index contributed by atoms with van der Waals surface area (Å²) < 4.78 is 2.12. The van der Waals surface area contributed by atoms with E-state index in [-0.39, 0.29) is 0 Å². The molecule has 0 atom stereocenters. The average Bonchev–Trinajstić information content (AvgIpc) is 2.99. The zero-order chi connectivity index (χ0) is 12.5. The number of fused-ring (bicyclic) bond motifs is 1. The van der Waals surface area contributed by atoms with Crippen LogP contribution in [0.2, 0.25) is 0 Å². The minimum Gasteiger partial charge on any atom is -0.350 e. The Kier molecular flexibility index (Phi) is 2.92. The van der Waals surface area contributed by atoms with E-state index >= 15 is 0 Å². The van der Waals surface area contributed by atoms with Crippen molar-refractivity contribution < 1.29 is 4.79 Å². The third-order valence-electron chi connectivity index (χ3n) is 3.83. The summed E-state index contributed by atoms with van der Waals surface area (Å²) in [6.07, 6.45) is 5.74. The first-order valence-electron chi connectivity index (χ1n) is 6.53. The van der Waals surface area contributed by atoms with Crippen LogP contribution in [-0.4, -0.2) is 28.8 Å². The Morgan fingerprint density at radius 2 is 2.06 bits per heavy atom. The van der Waals surface area contributed by atoms with Gasteiger partial charge in [-0.1, -0.05) is 12.1 Å². The Hall–Kier alpha value is -1.61. The number of aromatic nitrogens is 1. The van der Waals surface area contributed by atoms with Gasteiger partial charge in [0.25, 0.3) is 0 Å². The second-order valence-corrected chi connectivity index (χ2v) is 5.14. The van der Waals surface area contributed by atoms with Crippen molar-refractivity contribution in [2.45, 2.75) is 19.4 Å². The van der Waals surface area contributed by atoms with Crippen molar-refractivity contribution in [3.8, 4) is 0 Å². The molecule has 2 aromatic rings. The normalized spacial score (nSPS) is 16.5. The van der Waals surface area contributed by atoms with Gasteiger partial charge in [-0.3, -0.25) is 9.69 Å². The fraction of sp³-hybridized carbons (Fsp3) is 0.400. The number of carbonyl (C=O) groups is 1. The van der Waals surface area contributed by atoms with Gasteiger partial charge in [-0.15, -0.1) is 0 Å². The molecule has 0 spiro atoms. The maximum atomic E-state index is 10.8. The van der Waals surface area contributed by atoms with Gasteiger partial charge in [-0.2, -0.15) is 0 Å². The Balaban J connectivity index is 1.99. The maximum absolute atomic E-state index is 10.8. The van der Waals surface area contributed by atoms with E-state index < -0.39 is 0 Å². The predicted octanol–water partition coefficient (Wildman–Crippen LogP) is 2.59. The van der Waals surface area contributed by atoms with E-state index in [1.807, 2.05) is 19.2 Å². The van der Waals surface area contributed by atoms with Gasteiger partial charge < -0.3 is 4.57 Å². The summed E-state index contributed by atoms with van der Waals surface area (Å²) in [5.74, 6) is 0. The number of aldehydes is 1. The van der Waals surface area contributed by atoms with Crippen LogP contribution in [0.5, 0.6) is 0 Å². The maximum Gasteiger partial charge on any atom is 0.150 e. The average molecular weight is 242 g/mol. The molecule has 3 nitrogen and oxygen atoms in total. The number of nitrogens with zero attached hydrogens (tertiary/aromatic N) is 2. The van der Waals surface area contributed by atoms with Gasteiger partial charge in [-0.05, 0) is 37.6 Å². The summed E-state index contributed by atoms with van der Waals surface area (Å²) in [5.41, 5.74) is 3.26. The van der Waals surface area contributed by atoms with Gasteiger partial charge in [-0.25, -0.2) is 0 Å². The molecule has 2 heterocycles. The van der Waals surface area contributed by atoms with Crippen LogP contribution in [0, 0.1) is 0 Å². The van der Waals surface area contributed by atoms with Crippen LogP contribution in [0.1, 0.15) is 28.8 Å². The molecule has 0 N–H and O–H groups in total. The molecule has 0 unspecified atom stereocenters. The first kappa shape index (κ1) is 11.5. The Bertz CT molecular complexity index is 579. The first-order valence-corrected chi connectivity index (χ1v) is 6.53. The van der Waals surface area contributed by atoms with Crippen LogP contribution in [0.25, 0.3) is 10.9 Å². The Labute approximate surface area is 107 Å². The summed E-state index contributed by atoms with van der Waals surface area (Å²) >= 11 is 0. The number of aryl methyl sites for hydroxylation is 1. The van der Waals surface area contributed by atoms with Crippen molar-refractivity contribution in [3.05, 3.63) is 35.5 Å². The van der Waals surface area contributed by atoms with E-state index in [2.05, 4.69) is 21.7 Å². The number of benzene rings is 1. The molecule has 3 rings (SSSR count). The smallest absolute Gasteiger partial charge is 0.150 e. The zero-order valence-corrected chi connectivity index (χ0v) is 10.7. The fourth-order valence-electron chi connectivity index (χ4n) is 2.87. The Morgan fingerprint density at radius 3 is 2.78 bits per heavy atom. The van der Waals surface area contributed by atoms with Crippen LogP contribution in [-0.2, 0) is 13.6 Å². The number of rotatable bonds is 3. The van der Waals surface area contributed by atoms with Crippen LogP contribution < -0.4 is 0 Å². The van der Waals surface area contributed by atoms with E-state index in [0.717, 1.165) is 23.9 Å². The van der Waals surface area contributed by atoms with Crippen molar-refractivity contribution in [2.24, 2.45) is 7.05 Å². The highest BCUT2D eigenvalue weighted by atomic mass is 16.1. The number of hydrogen-bond donors (Lipinski definition) is 0. The molecule has 3 heteroatoms. The molecule has 1 aromatic heterocycles. The lowest BCUT2D eigenvalue weighted by atomic mass is 10.1. The summed E-state index contributed by atoms with van der Waals surface area (Å²) in [5, 5.41) is 1.27. The monoisotopic (exact) mass is 242 g/mol. The molecule has 0 radical (unpaired) electrons. The molecule has 0 bridgehead atoms. The second-order valence-electron chi connectivity index (χ2n) is 5.14. The number of carbonyl (C=O) groups excluding carboxylic acids is 1. The lowest BCUT2D eigenvalue weighted by Gasteiger charge is -2.13. The molecule has 1 aliphatic heterocycles. The summed E-state index contributed by atoms with van der Waals surface area (Å²) in [6, 6.07) is 5.95. The molecule has 0 amide bonds. The topological polar surface area (TPSA) is 25.2 Å². The van der Waals surface area contributed by atoms with Gasteiger partial charge in [0.1, 0.15) is 6.29 Å². The van der Waals surface area contributed by atoms with E-state index in [0.29, 0.717) is 0 Å². The number of likely N-dealkylation sites (tertiary alicyclic amines) is 1. The minimum atomic E-state index is 0.747. The second kappa shape index (κ2) is 4.58. The molecule has 18 heavy (non-hydrogen) atoms. The van der Waals surface area contributed by atoms with Crippen molar-refractivity contribution in [1.82, 2.24) is 9.47 Å². The molecular weight excluding hydrogens is 224 g/mol. The zero-order valence-electron chi connectivity index (χ0n) is 10.7.